The molecule has 188 valence electrons. The molecule has 0 aliphatic heterocycles. The first-order chi connectivity index (χ1) is 17.3. The van der Waals surface area contributed by atoms with E-state index in [1.54, 1.807) is 48.5 Å². The van der Waals surface area contributed by atoms with Gasteiger partial charge in [-0.1, -0.05) is 48.0 Å². The van der Waals surface area contributed by atoms with Gasteiger partial charge in [0.2, 0.25) is 5.91 Å². The van der Waals surface area contributed by atoms with Crippen molar-refractivity contribution in [3.63, 3.8) is 0 Å². The lowest BCUT2D eigenvalue weighted by Gasteiger charge is -2.19. The normalized spacial score (nSPS) is 12.3. The molecule has 0 fully saturated rings. The first kappa shape index (κ1) is 26.8. The molecule has 3 aromatic carbocycles. The minimum atomic E-state index is -1.70. The molecule has 0 aromatic heterocycles. The summed E-state index contributed by atoms with van der Waals surface area (Å²) in [6, 6.07) is 19.6. The van der Waals surface area contributed by atoms with Crippen LogP contribution in [0.15, 0.2) is 72.8 Å². The first-order valence-corrected chi connectivity index (χ1v) is 11.3. The zero-order chi connectivity index (χ0) is 26.1. The predicted molar refractivity (Wildman–Crippen MR) is 135 cm³/mol. The summed E-state index contributed by atoms with van der Waals surface area (Å²) in [5.74, 6) is -1.87. The highest BCUT2D eigenvalue weighted by Crippen LogP contribution is 2.22. The number of carbonyl (C=O) groups is 3. The van der Waals surface area contributed by atoms with E-state index in [4.69, 9.17) is 22.5 Å². The van der Waals surface area contributed by atoms with E-state index in [0.29, 0.717) is 17.3 Å². The van der Waals surface area contributed by atoms with Gasteiger partial charge in [0.25, 0.3) is 11.8 Å². The van der Waals surface area contributed by atoms with E-state index >= 15 is 0 Å². The second kappa shape index (κ2) is 12.8. The Morgan fingerprint density at radius 2 is 1.47 bits per heavy atom. The summed E-state index contributed by atoms with van der Waals surface area (Å²) in [6.07, 6.45) is -1.70. The number of anilines is 1. The third kappa shape index (κ3) is 7.60. The summed E-state index contributed by atoms with van der Waals surface area (Å²) in [6.45, 7) is 0.690. The van der Waals surface area contributed by atoms with Crippen LogP contribution in [-0.2, 0) is 16.1 Å². The number of nitrogens with two attached hydrogens (primary N) is 1. The number of halogens is 1. The number of hydrogen-bond donors (Lipinski definition) is 7. The molecule has 0 aliphatic carbocycles. The summed E-state index contributed by atoms with van der Waals surface area (Å²) in [4.78, 5) is 36.1. The molecule has 3 aromatic rings. The van der Waals surface area contributed by atoms with Gasteiger partial charge in [-0.05, 0) is 53.1 Å². The standard InChI is InChI=1S/C25H26ClN5O5/c26-19-9-1-15(2-10-19)13-28-14-21(32)29-20-11-7-17(8-12-20)16-3-5-18(6-4-16)24(34)30-22(23(27)33)25(35)31-36/h1-12,22-23,28,33,36H,13-14,27H2,(H,29,32)(H,30,34)(H,31,35)/t22-,23-/m0/s1. The van der Waals surface area contributed by atoms with E-state index in [9.17, 15) is 19.5 Å². The van der Waals surface area contributed by atoms with Crippen molar-refractivity contribution in [2.45, 2.75) is 18.8 Å². The van der Waals surface area contributed by atoms with Gasteiger partial charge in [-0.2, -0.15) is 0 Å². The Morgan fingerprint density at radius 1 is 0.889 bits per heavy atom. The summed E-state index contributed by atoms with van der Waals surface area (Å²) in [7, 11) is 0. The molecule has 8 N–H and O–H groups in total. The molecule has 2 atom stereocenters. The SMILES string of the molecule is N[C@@H](O)[C@H](NC(=O)c1ccc(-c2ccc(NC(=O)CNCc3ccc(Cl)cc3)cc2)cc1)C(=O)NO. The van der Waals surface area contributed by atoms with Gasteiger partial charge in [-0.25, -0.2) is 5.48 Å². The molecule has 0 spiro atoms. The molecule has 36 heavy (non-hydrogen) atoms. The number of hydrogen-bond acceptors (Lipinski definition) is 7. The molecule has 11 heteroatoms. The van der Waals surface area contributed by atoms with E-state index in [2.05, 4.69) is 16.0 Å². The Balaban J connectivity index is 1.52. The van der Waals surface area contributed by atoms with E-state index in [-0.39, 0.29) is 18.0 Å². The lowest BCUT2D eigenvalue weighted by Crippen LogP contribution is -2.55. The number of hydroxylamine groups is 1. The fourth-order valence-corrected chi connectivity index (χ4v) is 3.41. The minimum Gasteiger partial charge on any atom is -0.376 e. The van der Waals surface area contributed by atoms with Crippen LogP contribution in [0.4, 0.5) is 5.69 Å². The monoisotopic (exact) mass is 511 g/mol. The molecule has 10 nitrogen and oxygen atoms in total. The van der Waals surface area contributed by atoms with E-state index in [1.165, 1.54) is 5.48 Å². The summed E-state index contributed by atoms with van der Waals surface area (Å²) in [5.41, 5.74) is 10.2. The van der Waals surface area contributed by atoms with Crippen molar-refractivity contribution < 1.29 is 24.7 Å². The van der Waals surface area contributed by atoms with Crippen LogP contribution in [0.25, 0.3) is 11.1 Å². The summed E-state index contributed by atoms with van der Waals surface area (Å²) in [5, 5.41) is 27.0. The molecule has 0 bridgehead atoms. The van der Waals surface area contributed by atoms with E-state index in [1.807, 2.05) is 24.3 Å². The van der Waals surface area contributed by atoms with Gasteiger partial charge in [0.1, 0.15) is 12.3 Å². The van der Waals surface area contributed by atoms with Crippen molar-refractivity contribution in [1.29, 1.82) is 0 Å². The van der Waals surface area contributed by atoms with Gasteiger partial charge in [-0.3, -0.25) is 19.6 Å². The van der Waals surface area contributed by atoms with Crippen LogP contribution in [0.1, 0.15) is 15.9 Å². The Hall–Kier alpha value is -3.80. The van der Waals surface area contributed by atoms with Crippen LogP contribution >= 0.6 is 11.6 Å². The van der Waals surface area contributed by atoms with Crippen LogP contribution in [0.3, 0.4) is 0 Å². The van der Waals surface area contributed by atoms with Gasteiger partial charge in [0, 0.05) is 22.8 Å². The van der Waals surface area contributed by atoms with Crippen molar-refractivity contribution in [3.05, 3.63) is 88.9 Å². The highest BCUT2D eigenvalue weighted by Gasteiger charge is 2.26. The van der Waals surface area contributed by atoms with Crippen molar-refractivity contribution in [3.8, 4) is 11.1 Å². The summed E-state index contributed by atoms with van der Waals surface area (Å²) < 4.78 is 0. The fourth-order valence-electron chi connectivity index (χ4n) is 3.29. The van der Waals surface area contributed by atoms with E-state index in [0.717, 1.165) is 16.7 Å². The second-order valence-corrected chi connectivity index (χ2v) is 8.29. The maximum absolute atomic E-state index is 12.4. The molecule has 0 heterocycles. The fraction of sp³-hybridized carbons (Fsp3) is 0.160. The topological polar surface area (TPSA) is 166 Å². The number of benzene rings is 3. The molecule has 0 saturated heterocycles. The number of amides is 3. The van der Waals surface area contributed by atoms with Crippen molar-refractivity contribution in [1.82, 2.24) is 16.1 Å². The van der Waals surface area contributed by atoms with Gasteiger partial charge >= 0.3 is 0 Å². The molecule has 3 rings (SSSR count). The molecule has 0 saturated carbocycles. The smallest absolute Gasteiger partial charge is 0.270 e. The average molecular weight is 512 g/mol. The Morgan fingerprint density at radius 3 is 2.03 bits per heavy atom. The number of carbonyl (C=O) groups excluding carboxylic acids is 3. The first-order valence-electron chi connectivity index (χ1n) is 10.9. The highest BCUT2D eigenvalue weighted by atomic mass is 35.5. The second-order valence-electron chi connectivity index (χ2n) is 7.85. The van der Waals surface area contributed by atoms with Crippen LogP contribution in [-0.4, -0.2) is 46.8 Å². The number of aliphatic hydroxyl groups is 1. The van der Waals surface area contributed by atoms with Crippen LogP contribution < -0.4 is 27.2 Å². The molecule has 0 unspecified atom stereocenters. The molecular formula is C25H26ClN5O5. The van der Waals surface area contributed by atoms with Crippen molar-refractivity contribution >= 4 is 35.0 Å². The minimum absolute atomic E-state index is 0.149. The lowest BCUT2D eigenvalue weighted by molar-refractivity contribution is -0.133. The number of nitrogens with one attached hydrogen (secondary N) is 4. The van der Waals surface area contributed by atoms with Gasteiger partial charge in [0.15, 0.2) is 0 Å². The quantitative estimate of drug-likeness (QED) is 0.123. The van der Waals surface area contributed by atoms with Crippen LogP contribution in [0.2, 0.25) is 5.02 Å². The molecule has 3 amide bonds. The zero-order valence-electron chi connectivity index (χ0n) is 19.1. The van der Waals surface area contributed by atoms with Crippen molar-refractivity contribution in [2.75, 3.05) is 11.9 Å². The summed E-state index contributed by atoms with van der Waals surface area (Å²) >= 11 is 5.86. The predicted octanol–water partition coefficient (Wildman–Crippen LogP) is 1.62. The average Bonchev–Trinajstić information content (AvgIpc) is 2.88. The van der Waals surface area contributed by atoms with Crippen LogP contribution in [0, 0.1) is 0 Å². The van der Waals surface area contributed by atoms with Crippen molar-refractivity contribution in [2.24, 2.45) is 5.73 Å². The highest BCUT2D eigenvalue weighted by molar-refractivity contribution is 6.30. The van der Waals surface area contributed by atoms with Gasteiger partial charge in [-0.15, -0.1) is 0 Å². The van der Waals surface area contributed by atoms with Crippen LogP contribution in [0.5, 0.6) is 0 Å². The zero-order valence-corrected chi connectivity index (χ0v) is 19.8. The third-order valence-electron chi connectivity index (χ3n) is 5.20. The maximum Gasteiger partial charge on any atom is 0.270 e. The Kier molecular flexibility index (Phi) is 9.51. The Labute approximate surface area is 212 Å². The maximum atomic E-state index is 12.4. The molecular weight excluding hydrogens is 486 g/mol. The van der Waals surface area contributed by atoms with Gasteiger partial charge < -0.3 is 26.8 Å². The molecule has 0 aliphatic rings. The largest absolute Gasteiger partial charge is 0.376 e. The lowest BCUT2D eigenvalue weighted by atomic mass is 10.0. The molecule has 0 radical (unpaired) electrons. The third-order valence-corrected chi connectivity index (χ3v) is 5.45. The number of aliphatic hydroxyl groups excluding tert-OH is 1. The Bertz CT molecular complexity index is 1180. The van der Waals surface area contributed by atoms with E-state index < -0.39 is 24.1 Å². The van der Waals surface area contributed by atoms with Gasteiger partial charge in [0.05, 0.1) is 6.54 Å². The number of rotatable bonds is 10.